The summed E-state index contributed by atoms with van der Waals surface area (Å²) in [6.45, 7) is 0.930. The molecule has 0 fully saturated rings. The minimum atomic E-state index is -3.39. The highest BCUT2D eigenvalue weighted by molar-refractivity contribution is 7.89. The number of phenols is 1. The van der Waals surface area contributed by atoms with Gasteiger partial charge in [0, 0.05) is 12.1 Å². The summed E-state index contributed by atoms with van der Waals surface area (Å²) in [6, 6.07) is 5.08. The lowest BCUT2D eigenvalue weighted by Gasteiger charge is -2.07. The molecule has 1 aromatic rings. The smallest absolute Gasteiger partial charge is 0.209 e. The molecule has 0 saturated carbocycles. The molecule has 1 rings (SSSR count). The van der Waals surface area contributed by atoms with Crippen LogP contribution in [0.3, 0.4) is 0 Å². The van der Waals surface area contributed by atoms with Gasteiger partial charge < -0.3 is 10.4 Å². The van der Waals surface area contributed by atoms with Crippen molar-refractivity contribution >= 4 is 21.6 Å². The van der Waals surface area contributed by atoms with Crippen LogP contribution in [0.2, 0.25) is 5.02 Å². The highest BCUT2D eigenvalue weighted by Gasteiger charge is 2.05. The van der Waals surface area contributed by atoms with Crippen LogP contribution in [-0.2, 0) is 16.6 Å². The fourth-order valence-electron chi connectivity index (χ4n) is 1.32. The third-order valence-corrected chi connectivity index (χ3v) is 3.33. The molecule has 0 aromatic heterocycles. The number of phenolic OH excluding ortho intramolecular Hbond substituents is 1. The van der Waals surface area contributed by atoms with E-state index in [1.807, 2.05) is 0 Å². The van der Waals surface area contributed by atoms with Crippen LogP contribution >= 0.6 is 11.6 Å². The Kier molecular flexibility index (Phi) is 5.20. The van der Waals surface area contributed by atoms with Crippen molar-refractivity contribution < 1.29 is 13.5 Å². The minimum Gasteiger partial charge on any atom is -0.506 e. The zero-order chi connectivity index (χ0) is 12.9. The average Bonchev–Trinajstić information content (AvgIpc) is 2.22. The van der Waals surface area contributed by atoms with Crippen molar-refractivity contribution in [1.82, 2.24) is 5.32 Å². The average molecular weight is 279 g/mol. The Morgan fingerprint density at radius 2 is 2.12 bits per heavy atom. The first-order valence-electron chi connectivity index (χ1n) is 5.07. The second-order valence-electron chi connectivity index (χ2n) is 3.64. The molecule has 4 N–H and O–H groups in total. The van der Waals surface area contributed by atoms with E-state index in [2.05, 4.69) is 5.32 Å². The van der Waals surface area contributed by atoms with E-state index in [9.17, 15) is 13.5 Å². The maximum absolute atomic E-state index is 10.7. The summed E-state index contributed by atoms with van der Waals surface area (Å²) in [5.74, 6) is -0.00486. The fraction of sp³-hybridized carbons (Fsp3) is 0.400. The number of sulfonamides is 1. The first-order chi connectivity index (χ1) is 7.90. The Morgan fingerprint density at radius 1 is 1.41 bits per heavy atom. The maximum atomic E-state index is 10.7. The van der Waals surface area contributed by atoms with Gasteiger partial charge in [-0.1, -0.05) is 23.7 Å². The summed E-state index contributed by atoms with van der Waals surface area (Å²) in [5, 5.41) is 17.8. The van der Waals surface area contributed by atoms with Crippen molar-refractivity contribution in [3.63, 3.8) is 0 Å². The summed E-state index contributed by atoms with van der Waals surface area (Å²) in [4.78, 5) is 0. The molecule has 0 atom stereocenters. The number of aromatic hydroxyl groups is 1. The third-order valence-electron chi connectivity index (χ3n) is 2.17. The molecular weight excluding hydrogens is 264 g/mol. The first kappa shape index (κ1) is 14.2. The van der Waals surface area contributed by atoms with E-state index in [0.29, 0.717) is 30.1 Å². The van der Waals surface area contributed by atoms with Crippen molar-refractivity contribution in [2.75, 3.05) is 12.3 Å². The van der Waals surface area contributed by atoms with Crippen molar-refractivity contribution in [2.45, 2.75) is 13.0 Å². The molecule has 0 aliphatic carbocycles. The lowest BCUT2D eigenvalue weighted by molar-refractivity contribution is 0.464. The number of nitrogens with two attached hydrogens (primary N) is 1. The van der Waals surface area contributed by atoms with Gasteiger partial charge in [-0.3, -0.25) is 0 Å². The molecular formula is C10H15ClN2O3S. The van der Waals surface area contributed by atoms with E-state index in [1.54, 1.807) is 18.2 Å². The first-order valence-corrected chi connectivity index (χ1v) is 7.17. The number of para-hydroxylation sites is 1. The third kappa shape index (κ3) is 5.36. The van der Waals surface area contributed by atoms with Crippen LogP contribution in [0.15, 0.2) is 18.2 Å². The zero-order valence-electron chi connectivity index (χ0n) is 9.19. The van der Waals surface area contributed by atoms with E-state index in [1.165, 1.54) is 0 Å². The lowest BCUT2D eigenvalue weighted by Crippen LogP contribution is -2.22. The Balaban J connectivity index is 2.34. The summed E-state index contributed by atoms with van der Waals surface area (Å²) in [7, 11) is -3.39. The number of primary sulfonamides is 1. The zero-order valence-corrected chi connectivity index (χ0v) is 10.8. The molecule has 0 spiro atoms. The normalized spacial score (nSPS) is 11.6. The van der Waals surface area contributed by atoms with E-state index >= 15 is 0 Å². The summed E-state index contributed by atoms with van der Waals surface area (Å²) in [6.07, 6.45) is 0.431. The number of rotatable bonds is 6. The van der Waals surface area contributed by atoms with Gasteiger partial charge in [0.2, 0.25) is 10.0 Å². The van der Waals surface area contributed by atoms with Gasteiger partial charge in [0.15, 0.2) is 0 Å². The van der Waals surface area contributed by atoms with E-state index in [-0.39, 0.29) is 11.5 Å². The Morgan fingerprint density at radius 3 is 2.76 bits per heavy atom. The van der Waals surface area contributed by atoms with Crippen molar-refractivity contribution in [1.29, 1.82) is 0 Å². The number of hydrogen-bond donors (Lipinski definition) is 3. The summed E-state index contributed by atoms with van der Waals surface area (Å²) in [5.41, 5.74) is 0.674. The van der Waals surface area contributed by atoms with Crippen LogP contribution in [0.5, 0.6) is 5.75 Å². The Bertz CT molecular complexity index is 476. The van der Waals surface area contributed by atoms with Gasteiger partial charge >= 0.3 is 0 Å². The van der Waals surface area contributed by atoms with E-state index in [4.69, 9.17) is 16.7 Å². The van der Waals surface area contributed by atoms with Gasteiger partial charge in [-0.15, -0.1) is 0 Å². The van der Waals surface area contributed by atoms with Crippen molar-refractivity contribution in [3.05, 3.63) is 28.8 Å². The topological polar surface area (TPSA) is 92.4 Å². The van der Waals surface area contributed by atoms with Gasteiger partial charge in [0.05, 0.1) is 10.8 Å². The van der Waals surface area contributed by atoms with Crippen LogP contribution in [0.25, 0.3) is 0 Å². The van der Waals surface area contributed by atoms with E-state index in [0.717, 1.165) is 0 Å². The van der Waals surface area contributed by atoms with E-state index < -0.39 is 10.0 Å². The molecule has 0 aliphatic rings. The molecule has 17 heavy (non-hydrogen) atoms. The van der Waals surface area contributed by atoms with Crippen LogP contribution in [0.4, 0.5) is 0 Å². The predicted octanol–water partition coefficient (Wildman–Crippen LogP) is 0.814. The Labute approximate surface area is 106 Å². The molecule has 0 aliphatic heterocycles. The molecule has 5 nitrogen and oxygen atoms in total. The lowest BCUT2D eigenvalue weighted by atomic mass is 10.2. The fourth-order valence-corrected chi connectivity index (χ4v) is 2.06. The molecule has 0 bridgehead atoms. The molecule has 96 valence electrons. The molecule has 7 heteroatoms. The molecule has 0 amide bonds. The monoisotopic (exact) mass is 278 g/mol. The van der Waals surface area contributed by atoms with Crippen molar-refractivity contribution in [2.24, 2.45) is 5.14 Å². The van der Waals surface area contributed by atoms with Crippen LogP contribution < -0.4 is 10.5 Å². The molecule has 0 heterocycles. The maximum Gasteiger partial charge on any atom is 0.209 e. The number of halogens is 1. The highest BCUT2D eigenvalue weighted by atomic mass is 35.5. The Hall–Kier alpha value is -0.820. The summed E-state index contributed by atoms with van der Waals surface area (Å²) < 4.78 is 21.3. The largest absolute Gasteiger partial charge is 0.506 e. The second-order valence-corrected chi connectivity index (χ2v) is 5.79. The number of benzene rings is 1. The molecule has 0 unspecified atom stereocenters. The van der Waals surface area contributed by atoms with Crippen LogP contribution in [0, 0.1) is 0 Å². The quantitative estimate of drug-likeness (QED) is 0.672. The van der Waals surface area contributed by atoms with Gasteiger partial charge in [0.25, 0.3) is 0 Å². The van der Waals surface area contributed by atoms with Gasteiger partial charge in [0.1, 0.15) is 5.75 Å². The predicted molar refractivity (Wildman–Crippen MR) is 67.4 cm³/mol. The van der Waals surface area contributed by atoms with Gasteiger partial charge in [-0.2, -0.15) is 0 Å². The summed E-state index contributed by atoms with van der Waals surface area (Å²) >= 11 is 5.74. The molecule has 0 saturated heterocycles. The molecule has 1 aromatic carbocycles. The SMILES string of the molecule is NS(=O)(=O)CCCNCc1cccc(Cl)c1O. The number of hydrogen-bond acceptors (Lipinski definition) is 4. The second kappa shape index (κ2) is 6.20. The molecule has 0 radical (unpaired) electrons. The van der Waals surface area contributed by atoms with Gasteiger partial charge in [-0.05, 0) is 19.0 Å². The van der Waals surface area contributed by atoms with Gasteiger partial charge in [-0.25, -0.2) is 13.6 Å². The number of nitrogens with one attached hydrogen (secondary N) is 1. The highest BCUT2D eigenvalue weighted by Crippen LogP contribution is 2.26. The standard InChI is InChI=1S/C10H15ClN2O3S/c11-9-4-1-3-8(10(9)14)7-13-5-2-6-17(12,15)16/h1,3-4,13-14H,2,5-7H2,(H2,12,15,16). The van der Waals surface area contributed by atoms with Crippen molar-refractivity contribution in [3.8, 4) is 5.75 Å². The van der Waals surface area contributed by atoms with Crippen LogP contribution in [-0.4, -0.2) is 25.8 Å². The minimum absolute atomic E-state index is 0.0492. The van der Waals surface area contributed by atoms with Crippen LogP contribution in [0.1, 0.15) is 12.0 Å².